The average molecular weight is 222 g/mol. The van der Waals surface area contributed by atoms with Gasteiger partial charge in [-0.2, -0.15) is 5.26 Å². The van der Waals surface area contributed by atoms with Gasteiger partial charge in [0.2, 0.25) is 0 Å². The van der Waals surface area contributed by atoms with Gasteiger partial charge in [0.15, 0.2) is 0 Å². The van der Waals surface area contributed by atoms with Crippen LogP contribution in [0.3, 0.4) is 0 Å². The third-order valence-corrected chi connectivity index (χ3v) is 2.24. The summed E-state index contributed by atoms with van der Waals surface area (Å²) in [5.74, 6) is 0. The summed E-state index contributed by atoms with van der Waals surface area (Å²) in [7, 11) is 0. The number of hydrogen-bond donors (Lipinski definition) is 1. The predicted molar refractivity (Wildman–Crippen MR) is 60.7 cm³/mol. The Labute approximate surface area is 96.3 Å². The standard InChI is InChI=1S/C12H18N2O2/c1-12(2,3)16-11(15)14-10-6-4-5-9(7-10)8-13/h5,10H,4,6-7H2,1-3H3,(H,14,15). The van der Waals surface area contributed by atoms with Crippen LogP contribution in [0, 0.1) is 11.3 Å². The molecule has 1 atom stereocenters. The van der Waals surface area contributed by atoms with Crippen molar-refractivity contribution in [1.82, 2.24) is 5.32 Å². The molecule has 88 valence electrons. The van der Waals surface area contributed by atoms with Gasteiger partial charge in [0.1, 0.15) is 5.60 Å². The van der Waals surface area contributed by atoms with Crippen molar-refractivity contribution in [3.63, 3.8) is 0 Å². The molecule has 0 aromatic rings. The van der Waals surface area contributed by atoms with Gasteiger partial charge in [-0.25, -0.2) is 4.79 Å². The number of nitrogens with one attached hydrogen (secondary N) is 1. The first kappa shape index (κ1) is 12.6. The quantitative estimate of drug-likeness (QED) is 0.741. The molecule has 0 fully saturated rings. The molecule has 4 heteroatoms. The zero-order valence-corrected chi connectivity index (χ0v) is 10.0. The van der Waals surface area contributed by atoms with Gasteiger partial charge < -0.3 is 10.1 Å². The lowest BCUT2D eigenvalue weighted by atomic mass is 9.96. The fourth-order valence-electron chi connectivity index (χ4n) is 1.60. The maximum absolute atomic E-state index is 11.5. The third-order valence-electron chi connectivity index (χ3n) is 2.24. The van der Waals surface area contributed by atoms with Crippen LogP contribution in [-0.4, -0.2) is 17.7 Å². The van der Waals surface area contributed by atoms with Gasteiger partial charge in [-0.3, -0.25) is 0 Å². The highest BCUT2D eigenvalue weighted by atomic mass is 16.6. The number of rotatable bonds is 1. The van der Waals surface area contributed by atoms with Crippen LogP contribution in [0.25, 0.3) is 0 Å². The zero-order chi connectivity index (χ0) is 12.2. The van der Waals surface area contributed by atoms with Crippen LogP contribution in [0.15, 0.2) is 11.6 Å². The molecule has 1 rings (SSSR count). The highest BCUT2D eigenvalue weighted by Gasteiger charge is 2.21. The Kier molecular flexibility index (Phi) is 3.94. The molecular formula is C12H18N2O2. The Morgan fingerprint density at radius 2 is 2.31 bits per heavy atom. The number of ether oxygens (including phenoxy) is 1. The summed E-state index contributed by atoms with van der Waals surface area (Å²) in [4.78, 5) is 11.5. The van der Waals surface area contributed by atoms with Crippen LogP contribution in [0.5, 0.6) is 0 Å². The number of carbonyl (C=O) groups is 1. The van der Waals surface area contributed by atoms with E-state index in [-0.39, 0.29) is 6.04 Å². The summed E-state index contributed by atoms with van der Waals surface area (Å²) >= 11 is 0. The van der Waals surface area contributed by atoms with Crippen LogP contribution < -0.4 is 5.32 Å². The minimum atomic E-state index is -0.480. The molecule has 0 aliphatic heterocycles. The normalized spacial score (nSPS) is 20.6. The lowest BCUT2D eigenvalue weighted by Crippen LogP contribution is -2.39. The van der Waals surface area contributed by atoms with Crippen molar-refractivity contribution < 1.29 is 9.53 Å². The molecule has 0 radical (unpaired) electrons. The molecule has 0 aromatic carbocycles. The summed E-state index contributed by atoms with van der Waals surface area (Å²) in [6, 6.07) is 2.15. The van der Waals surface area contributed by atoms with Crippen molar-refractivity contribution in [1.29, 1.82) is 5.26 Å². The number of hydrogen-bond acceptors (Lipinski definition) is 3. The van der Waals surface area contributed by atoms with E-state index in [1.54, 1.807) is 0 Å². The molecular weight excluding hydrogens is 204 g/mol. The van der Waals surface area contributed by atoms with Gasteiger partial charge in [-0.15, -0.1) is 0 Å². The van der Waals surface area contributed by atoms with Crippen LogP contribution in [-0.2, 0) is 4.74 Å². The SMILES string of the molecule is CC(C)(C)OC(=O)NC1CCC=C(C#N)C1. The van der Waals surface area contributed by atoms with E-state index in [4.69, 9.17) is 10.00 Å². The van der Waals surface area contributed by atoms with Crippen LogP contribution in [0.4, 0.5) is 4.79 Å². The van der Waals surface area contributed by atoms with E-state index in [0.29, 0.717) is 6.42 Å². The molecule has 0 aromatic heterocycles. The maximum Gasteiger partial charge on any atom is 0.407 e. The predicted octanol–water partition coefficient (Wildman–Crippen LogP) is 2.51. The van der Waals surface area contributed by atoms with E-state index in [0.717, 1.165) is 18.4 Å². The van der Waals surface area contributed by atoms with E-state index in [1.165, 1.54) is 0 Å². The van der Waals surface area contributed by atoms with Crippen molar-refractivity contribution >= 4 is 6.09 Å². The molecule has 0 bridgehead atoms. The first-order chi connectivity index (χ1) is 7.40. The van der Waals surface area contributed by atoms with Crippen molar-refractivity contribution in [2.45, 2.75) is 51.7 Å². The molecule has 1 N–H and O–H groups in total. The maximum atomic E-state index is 11.5. The highest BCUT2D eigenvalue weighted by Crippen LogP contribution is 2.18. The number of nitriles is 1. The van der Waals surface area contributed by atoms with Crippen molar-refractivity contribution in [3.8, 4) is 6.07 Å². The van der Waals surface area contributed by atoms with Gasteiger partial charge in [0.25, 0.3) is 0 Å². The molecule has 1 aliphatic carbocycles. The molecule has 16 heavy (non-hydrogen) atoms. The lowest BCUT2D eigenvalue weighted by molar-refractivity contribution is 0.0501. The Morgan fingerprint density at radius 3 is 2.88 bits per heavy atom. The molecule has 1 amide bonds. The van der Waals surface area contributed by atoms with E-state index < -0.39 is 11.7 Å². The molecule has 4 nitrogen and oxygen atoms in total. The molecule has 1 aliphatic rings. The monoisotopic (exact) mass is 222 g/mol. The fourth-order valence-corrected chi connectivity index (χ4v) is 1.60. The fraction of sp³-hybridized carbons (Fsp3) is 0.667. The minimum absolute atomic E-state index is 0.0227. The van der Waals surface area contributed by atoms with Gasteiger partial charge in [0, 0.05) is 18.0 Å². The first-order valence-corrected chi connectivity index (χ1v) is 5.49. The van der Waals surface area contributed by atoms with E-state index >= 15 is 0 Å². The summed E-state index contributed by atoms with van der Waals surface area (Å²) in [6.45, 7) is 5.48. The number of carbonyl (C=O) groups excluding carboxylic acids is 1. The van der Waals surface area contributed by atoms with Crippen molar-refractivity contribution in [2.24, 2.45) is 0 Å². The number of alkyl carbamates (subject to hydrolysis) is 1. The van der Waals surface area contributed by atoms with Gasteiger partial charge >= 0.3 is 6.09 Å². The van der Waals surface area contributed by atoms with Crippen LogP contribution in [0.1, 0.15) is 40.0 Å². The third kappa shape index (κ3) is 4.35. The Balaban J connectivity index is 2.42. The Bertz CT molecular complexity index is 334. The second-order valence-corrected chi connectivity index (χ2v) is 4.97. The lowest BCUT2D eigenvalue weighted by Gasteiger charge is -2.24. The van der Waals surface area contributed by atoms with Gasteiger partial charge in [-0.05, 0) is 33.6 Å². The van der Waals surface area contributed by atoms with E-state index in [2.05, 4.69) is 11.4 Å². The largest absolute Gasteiger partial charge is 0.444 e. The number of amides is 1. The molecule has 0 spiro atoms. The second kappa shape index (κ2) is 5.02. The Hall–Kier alpha value is -1.50. The summed E-state index contributed by atoms with van der Waals surface area (Å²) in [5, 5.41) is 11.6. The average Bonchev–Trinajstić information content (AvgIpc) is 2.15. The van der Waals surface area contributed by atoms with Crippen LogP contribution >= 0.6 is 0 Å². The van der Waals surface area contributed by atoms with Crippen LogP contribution in [0.2, 0.25) is 0 Å². The first-order valence-electron chi connectivity index (χ1n) is 5.49. The Morgan fingerprint density at radius 1 is 1.62 bits per heavy atom. The van der Waals surface area contributed by atoms with Crippen molar-refractivity contribution in [3.05, 3.63) is 11.6 Å². The molecule has 0 saturated heterocycles. The summed E-state index contributed by atoms with van der Waals surface area (Å²) < 4.78 is 5.16. The molecule has 0 heterocycles. The van der Waals surface area contributed by atoms with E-state index in [1.807, 2.05) is 26.8 Å². The summed E-state index contributed by atoms with van der Waals surface area (Å²) in [6.07, 6.45) is 3.83. The van der Waals surface area contributed by atoms with E-state index in [9.17, 15) is 4.79 Å². The minimum Gasteiger partial charge on any atom is -0.444 e. The number of allylic oxidation sites excluding steroid dienone is 1. The highest BCUT2D eigenvalue weighted by molar-refractivity contribution is 5.68. The zero-order valence-electron chi connectivity index (χ0n) is 10.0. The summed E-state index contributed by atoms with van der Waals surface area (Å²) in [5.41, 5.74) is 0.263. The van der Waals surface area contributed by atoms with Crippen molar-refractivity contribution in [2.75, 3.05) is 0 Å². The second-order valence-electron chi connectivity index (χ2n) is 4.97. The van der Waals surface area contributed by atoms with Gasteiger partial charge in [0.05, 0.1) is 6.07 Å². The smallest absolute Gasteiger partial charge is 0.407 e. The molecule has 0 saturated carbocycles. The topological polar surface area (TPSA) is 62.1 Å². The molecule has 1 unspecified atom stereocenters. The number of nitrogens with zero attached hydrogens (tertiary/aromatic N) is 1. The van der Waals surface area contributed by atoms with Gasteiger partial charge in [-0.1, -0.05) is 6.08 Å².